The minimum absolute atomic E-state index is 0.0573. The Hall–Kier alpha value is -2.22. The fourth-order valence-electron chi connectivity index (χ4n) is 3.42. The van der Waals surface area contributed by atoms with E-state index in [2.05, 4.69) is 10.2 Å². The van der Waals surface area contributed by atoms with E-state index in [0.29, 0.717) is 42.7 Å². The third-order valence-electron chi connectivity index (χ3n) is 5.07. The number of halogens is 1. The van der Waals surface area contributed by atoms with Gasteiger partial charge in [-0.1, -0.05) is 29.8 Å². The molecule has 0 aliphatic carbocycles. The second kappa shape index (κ2) is 7.66. The van der Waals surface area contributed by atoms with E-state index >= 15 is 0 Å². The zero-order valence-corrected chi connectivity index (χ0v) is 16.9. The Labute approximate surface area is 169 Å². The van der Waals surface area contributed by atoms with Crippen LogP contribution < -0.4 is 0 Å². The molecule has 0 atom stereocenters. The van der Waals surface area contributed by atoms with Crippen LogP contribution in [0.2, 0.25) is 5.02 Å². The molecule has 0 saturated carbocycles. The van der Waals surface area contributed by atoms with Crippen LogP contribution in [0.4, 0.5) is 0 Å². The van der Waals surface area contributed by atoms with E-state index in [-0.39, 0.29) is 10.8 Å². The Morgan fingerprint density at radius 3 is 2.39 bits per heavy atom. The van der Waals surface area contributed by atoms with Crippen LogP contribution in [-0.4, -0.2) is 36.0 Å². The molecule has 0 radical (unpaired) electrons. The van der Waals surface area contributed by atoms with Crippen molar-refractivity contribution in [2.75, 3.05) is 13.1 Å². The summed E-state index contributed by atoms with van der Waals surface area (Å²) in [5.74, 6) is 1.13. The van der Waals surface area contributed by atoms with Gasteiger partial charge in [-0.3, -0.25) is 0 Å². The molecule has 8 heteroatoms. The Kier molecular flexibility index (Phi) is 5.23. The SMILES string of the molecule is Cc1ccccc1-c1nnc(C2CCN(S(=O)(=O)c3ccc(Cl)cc3)CC2)o1. The molecule has 0 amide bonds. The average Bonchev–Trinajstić information content (AvgIpc) is 3.19. The number of nitrogens with zero attached hydrogens (tertiary/aromatic N) is 3. The lowest BCUT2D eigenvalue weighted by Gasteiger charge is -2.29. The zero-order chi connectivity index (χ0) is 19.7. The third-order valence-corrected chi connectivity index (χ3v) is 7.24. The average molecular weight is 418 g/mol. The summed E-state index contributed by atoms with van der Waals surface area (Å²) in [4.78, 5) is 0.259. The van der Waals surface area contributed by atoms with Crippen molar-refractivity contribution < 1.29 is 12.8 Å². The van der Waals surface area contributed by atoms with Gasteiger partial charge in [-0.2, -0.15) is 4.31 Å². The van der Waals surface area contributed by atoms with Crippen molar-refractivity contribution in [3.63, 3.8) is 0 Å². The molecule has 0 unspecified atom stereocenters. The van der Waals surface area contributed by atoms with E-state index in [1.165, 1.54) is 16.4 Å². The summed E-state index contributed by atoms with van der Waals surface area (Å²) in [7, 11) is -3.52. The van der Waals surface area contributed by atoms with E-state index < -0.39 is 10.0 Å². The molecule has 1 aromatic heterocycles. The van der Waals surface area contributed by atoms with E-state index in [1.54, 1.807) is 12.1 Å². The molecule has 1 saturated heterocycles. The molecule has 28 heavy (non-hydrogen) atoms. The lowest BCUT2D eigenvalue weighted by Crippen LogP contribution is -2.37. The number of aryl methyl sites for hydroxylation is 1. The topological polar surface area (TPSA) is 76.3 Å². The van der Waals surface area contributed by atoms with Gasteiger partial charge < -0.3 is 4.42 Å². The van der Waals surface area contributed by atoms with Crippen LogP contribution in [0, 0.1) is 6.92 Å². The van der Waals surface area contributed by atoms with E-state index in [9.17, 15) is 8.42 Å². The van der Waals surface area contributed by atoms with Crippen molar-refractivity contribution in [1.82, 2.24) is 14.5 Å². The number of sulfonamides is 1. The molecule has 3 aromatic rings. The lowest BCUT2D eigenvalue weighted by molar-refractivity contribution is 0.291. The first-order valence-corrected chi connectivity index (χ1v) is 10.9. The van der Waals surface area contributed by atoms with Gasteiger partial charge >= 0.3 is 0 Å². The molecule has 4 rings (SSSR count). The highest BCUT2D eigenvalue weighted by molar-refractivity contribution is 7.89. The fraction of sp³-hybridized carbons (Fsp3) is 0.300. The molecule has 0 N–H and O–H groups in total. The highest BCUT2D eigenvalue weighted by atomic mass is 35.5. The van der Waals surface area contributed by atoms with Crippen LogP contribution in [0.15, 0.2) is 57.8 Å². The van der Waals surface area contributed by atoms with Crippen molar-refractivity contribution in [2.45, 2.75) is 30.6 Å². The van der Waals surface area contributed by atoms with E-state index in [1.807, 2.05) is 31.2 Å². The van der Waals surface area contributed by atoms with Crippen LogP contribution in [-0.2, 0) is 10.0 Å². The molecule has 6 nitrogen and oxygen atoms in total. The predicted octanol–water partition coefficient (Wildman–Crippen LogP) is 4.27. The second-order valence-electron chi connectivity index (χ2n) is 6.89. The summed E-state index contributed by atoms with van der Waals surface area (Å²) in [6.07, 6.45) is 1.28. The number of benzene rings is 2. The summed E-state index contributed by atoms with van der Waals surface area (Å²) in [5, 5.41) is 8.91. The van der Waals surface area contributed by atoms with Crippen molar-refractivity contribution in [2.24, 2.45) is 0 Å². The molecule has 0 spiro atoms. The molecule has 1 fully saturated rings. The molecule has 146 valence electrons. The van der Waals surface area contributed by atoms with Gasteiger partial charge in [-0.05, 0) is 55.7 Å². The Balaban J connectivity index is 1.46. The molecular weight excluding hydrogens is 398 g/mol. The number of aromatic nitrogens is 2. The van der Waals surface area contributed by atoms with E-state index in [4.69, 9.17) is 16.0 Å². The Morgan fingerprint density at radius 2 is 1.71 bits per heavy atom. The van der Waals surface area contributed by atoms with Gasteiger partial charge in [0.1, 0.15) is 0 Å². The van der Waals surface area contributed by atoms with Crippen LogP contribution in [0.5, 0.6) is 0 Å². The van der Waals surface area contributed by atoms with Gasteiger partial charge in [-0.15, -0.1) is 10.2 Å². The fourth-order valence-corrected chi connectivity index (χ4v) is 5.02. The summed E-state index contributed by atoms with van der Waals surface area (Å²) in [6, 6.07) is 14.1. The van der Waals surface area contributed by atoms with Gasteiger partial charge in [0.15, 0.2) is 0 Å². The first kappa shape index (κ1) is 19.1. The van der Waals surface area contributed by atoms with Gasteiger partial charge in [0, 0.05) is 29.6 Å². The summed E-state index contributed by atoms with van der Waals surface area (Å²) >= 11 is 5.86. The molecule has 2 aromatic carbocycles. The highest BCUT2D eigenvalue weighted by Crippen LogP contribution is 2.32. The molecular formula is C20H20ClN3O3S. The van der Waals surface area contributed by atoms with Crippen molar-refractivity contribution >= 4 is 21.6 Å². The summed E-state index contributed by atoms with van der Waals surface area (Å²) in [5.41, 5.74) is 1.99. The molecule has 0 bridgehead atoms. The zero-order valence-electron chi connectivity index (χ0n) is 15.4. The molecule has 1 aliphatic rings. The van der Waals surface area contributed by atoms with Crippen LogP contribution >= 0.6 is 11.6 Å². The normalized spacial score (nSPS) is 16.4. The first-order valence-electron chi connectivity index (χ1n) is 9.10. The minimum atomic E-state index is -3.52. The number of piperidine rings is 1. The monoisotopic (exact) mass is 417 g/mol. The van der Waals surface area contributed by atoms with Crippen molar-refractivity contribution in [1.29, 1.82) is 0 Å². The minimum Gasteiger partial charge on any atom is -0.420 e. The summed E-state index contributed by atoms with van der Waals surface area (Å²) in [6.45, 7) is 2.83. The third kappa shape index (κ3) is 3.70. The maximum absolute atomic E-state index is 12.8. The standard InChI is InChI=1S/C20H20ClN3O3S/c1-14-4-2-3-5-18(14)20-23-22-19(27-20)15-10-12-24(13-11-15)28(25,26)17-8-6-16(21)7-9-17/h2-9,15H,10-13H2,1H3. The number of rotatable bonds is 4. The largest absolute Gasteiger partial charge is 0.420 e. The Bertz CT molecular complexity index is 1070. The predicted molar refractivity (Wildman–Crippen MR) is 107 cm³/mol. The van der Waals surface area contributed by atoms with Crippen molar-refractivity contribution in [3.8, 4) is 11.5 Å². The van der Waals surface area contributed by atoms with Gasteiger partial charge in [0.05, 0.1) is 4.90 Å². The lowest BCUT2D eigenvalue weighted by atomic mass is 9.98. The first-order chi connectivity index (χ1) is 13.4. The van der Waals surface area contributed by atoms with E-state index in [0.717, 1.165) is 11.1 Å². The molecule has 2 heterocycles. The maximum atomic E-state index is 12.8. The van der Waals surface area contributed by atoms with Crippen LogP contribution in [0.25, 0.3) is 11.5 Å². The number of hydrogen-bond acceptors (Lipinski definition) is 5. The van der Waals surface area contributed by atoms with Gasteiger partial charge in [0.25, 0.3) is 0 Å². The van der Waals surface area contributed by atoms with Crippen molar-refractivity contribution in [3.05, 3.63) is 65.0 Å². The maximum Gasteiger partial charge on any atom is 0.248 e. The smallest absolute Gasteiger partial charge is 0.248 e. The van der Waals surface area contributed by atoms with Crippen LogP contribution in [0.1, 0.15) is 30.2 Å². The highest BCUT2D eigenvalue weighted by Gasteiger charge is 2.32. The van der Waals surface area contributed by atoms with Gasteiger partial charge in [0.2, 0.25) is 21.8 Å². The number of hydrogen-bond donors (Lipinski definition) is 0. The Morgan fingerprint density at radius 1 is 1.04 bits per heavy atom. The van der Waals surface area contributed by atoms with Crippen LogP contribution in [0.3, 0.4) is 0 Å². The van der Waals surface area contributed by atoms with Gasteiger partial charge in [-0.25, -0.2) is 8.42 Å². The quantitative estimate of drug-likeness (QED) is 0.633. The molecule has 1 aliphatic heterocycles. The second-order valence-corrected chi connectivity index (χ2v) is 9.27. The summed E-state index contributed by atoms with van der Waals surface area (Å²) < 4.78 is 33.0.